The van der Waals surface area contributed by atoms with E-state index in [-0.39, 0.29) is 5.82 Å². The summed E-state index contributed by atoms with van der Waals surface area (Å²) in [5.41, 5.74) is 5.99. The van der Waals surface area contributed by atoms with Crippen LogP contribution in [0.5, 0.6) is 0 Å². The van der Waals surface area contributed by atoms with E-state index in [1.54, 1.807) is 12.1 Å². The Morgan fingerprint density at radius 1 is 0.929 bits per heavy atom. The number of allylic oxidation sites excluding steroid dienone is 2. The lowest BCUT2D eigenvalue weighted by Gasteiger charge is -2.11. The van der Waals surface area contributed by atoms with Crippen molar-refractivity contribution in [2.45, 2.75) is 0 Å². The molecule has 3 nitrogen and oxygen atoms in total. The van der Waals surface area contributed by atoms with Gasteiger partial charge in [-0.1, -0.05) is 29.8 Å². The molecule has 1 aromatic heterocycles. The number of aromatic nitrogens is 1. The Kier molecular flexibility index (Phi) is 4.14. The van der Waals surface area contributed by atoms with E-state index in [1.807, 2.05) is 30.6 Å². The number of hydrogen-bond donors (Lipinski definition) is 0. The molecular weight excluding hydrogens is 373 g/mol. The predicted octanol–water partition coefficient (Wildman–Crippen LogP) is 5.38. The molecule has 0 radical (unpaired) electrons. The van der Waals surface area contributed by atoms with E-state index in [1.165, 1.54) is 6.07 Å². The maximum atomic E-state index is 14.4. The predicted molar refractivity (Wildman–Crippen MR) is 114 cm³/mol. The fourth-order valence-corrected chi connectivity index (χ4v) is 3.75. The topological polar surface area (TPSA) is 37.6 Å². The Balaban J connectivity index is 1.57. The highest BCUT2D eigenvalue weighted by molar-refractivity contribution is 6.35. The van der Waals surface area contributed by atoms with Crippen LogP contribution in [0.2, 0.25) is 5.02 Å². The van der Waals surface area contributed by atoms with Gasteiger partial charge >= 0.3 is 0 Å². The molecular formula is C23H15ClFN3. The summed E-state index contributed by atoms with van der Waals surface area (Å²) in [5.74, 6) is -0.326. The lowest BCUT2D eigenvalue weighted by molar-refractivity contribution is 0.625. The summed E-state index contributed by atoms with van der Waals surface area (Å²) in [5, 5.41) is 1.51. The summed E-state index contributed by atoms with van der Waals surface area (Å²) in [6, 6.07) is 12.7. The van der Waals surface area contributed by atoms with Gasteiger partial charge in [-0.25, -0.2) is 4.39 Å². The van der Waals surface area contributed by atoms with Gasteiger partial charge in [0.25, 0.3) is 0 Å². The average molecular weight is 388 g/mol. The maximum absolute atomic E-state index is 14.4. The molecule has 2 aromatic carbocycles. The van der Waals surface area contributed by atoms with Crippen molar-refractivity contribution in [1.82, 2.24) is 4.98 Å². The van der Waals surface area contributed by atoms with Gasteiger partial charge in [0.2, 0.25) is 0 Å². The highest BCUT2D eigenvalue weighted by Gasteiger charge is 2.20. The minimum atomic E-state index is -0.326. The molecule has 3 aromatic rings. The zero-order valence-electron chi connectivity index (χ0n) is 14.9. The number of pyridine rings is 1. The number of benzene rings is 2. The lowest BCUT2D eigenvalue weighted by Crippen LogP contribution is -2.05. The third-order valence-corrected chi connectivity index (χ3v) is 5.19. The zero-order valence-corrected chi connectivity index (χ0v) is 15.6. The second-order valence-electron chi connectivity index (χ2n) is 6.72. The molecule has 0 saturated carbocycles. The van der Waals surface area contributed by atoms with E-state index in [4.69, 9.17) is 11.6 Å². The molecule has 0 spiro atoms. The third-order valence-electron chi connectivity index (χ3n) is 4.96. The minimum absolute atomic E-state index is 0.326. The van der Waals surface area contributed by atoms with Crippen molar-refractivity contribution in [2.24, 2.45) is 9.98 Å². The first kappa shape index (κ1) is 17.0. The normalized spacial score (nSPS) is 15.7. The Labute approximate surface area is 166 Å². The molecule has 0 amide bonds. The summed E-state index contributed by atoms with van der Waals surface area (Å²) in [6.07, 6.45) is 7.84. The molecule has 0 bridgehead atoms. The average Bonchev–Trinajstić information content (AvgIpc) is 3.41. The van der Waals surface area contributed by atoms with Crippen molar-refractivity contribution < 1.29 is 4.39 Å². The van der Waals surface area contributed by atoms with E-state index in [0.29, 0.717) is 29.4 Å². The molecule has 136 valence electrons. The van der Waals surface area contributed by atoms with Gasteiger partial charge in [-0.05, 0) is 47.5 Å². The monoisotopic (exact) mass is 387 g/mol. The zero-order chi connectivity index (χ0) is 19.1. The molecule has 3 heterocycles. The number of rotatable bonds is 3. The molecule has 2 aliphatic heterocycles. The van der Waals surface area contributed by atoms with Crippen molar-refractivity contribution in [3.63, 3.8) is 0 Å². The van der Waals surface area contributed by atoms with Crippen LogP contribution < -0.4 is 0 Å². The molecule has 0 atom stereocenters. The number of aliphatic imine (C=N–C) groups is 2. The van der Waals surface area contributed by atoms with Crippen LogP contribution in [0.3, 0.4) is 0 Å². The molecule has 0 saturated heterocycles. The first-order valence-corrected chi connectivity index (χ1v) is 9.38. The minimum Gasteiger partial charge on any atom is -0.288 e. The van der Waals surface area contributed by atoms with Crippen molar-refractivity contribution >= 4 is 45.6 Å². The van der Waals surface area contributed by atoms with Crippen molar-refractivity contribution in [1.29, 1.82) is 0 Å². The van der Waals surface area contributed by atoms with Crippen LogP contribution in [0.4, 0.5) is 4.39 Å². The Morgan fingerprint density at radius 3 is 2.68 bits per heavy atom. The highest BCUT2D eigenvalue weighted by Crippen LogP contribution is 2.30. The highest BCUT2D eigenvalue weighted by atomic mass is 35.5. The SMILES string of the molecule is Fc1ccc(Cl)cc1C1=NCC=C1c1ccc2ncc(C3=CCN=C3)cc2c1. The van der Waals surface area contributed by atoms with Gasteiger partial charge in [-0.2, -0.15) is 0 Å². The van der Waals surface area contributed by atoms with E-state index in [2.05, 4.69) is 33.2 Å². The summed E-state index contributed by atoms with van der Waals surface area (Å²) in [4.78, 5) is 13.3. The van der Waals surface area contributed by atoms with Crippen molar-refractivity contribution in [3.8, 4) is 0 Å². The van der Waals surface area contributed by atoms with Gasteiger partial charge in [-0.3, -0.25) is 15.0 Å². The number of hydrogen-bond acceptors (Lipinski definition) is 3. The van der Waals surface area contributed by atoms with Crippen LogP contribution in [0.1, 0.15) is 16.7 Å². The summed E-state index contributed by atoms with van der Waals surface area (Å²) >= 11 is 6.08. The first-order valence-electron chi connectivity index (χ1n) is 9.00. The quantitative estimate of drug-likeness (QED) is 0.594. The van der Waals surface area contributed by atoms with Gasteiger partial charge in [-0.15, -0.1) is 0 Å². The third kappa shape index (κ3) is 2.96. The number of nitrogens with zero attached hydrogens (tertiary/aromatic N) is 3. The fraction of sp³-hybridized carbons (Fsp3) is 0.0870. The van der Waals surface area contributed by atoms with Crippen molar-refractivity contribution in [3.05, 3.63) is 88.3 Å². The molecule has 0 unspecified atom stereocenters. The van der Waals surface area contributed by atoms with Crippen LogP contribution in [-0.4, -0.2) is 30.0 Å². The molecule has 0 aliphatic carbocycles. The fourth-order valence-electron chi connectivity index (χ4n) is 3.58. The molecule has 5 rings (SSSR count). The molecule has 0 N–H and O–H groups in total. The van der Waals surface area contributed by atoms with Gasteiger partial charge in [0.1, 0.15) is 5.82 Å². The first-order chi connectivity index (χ1) is 13.7. The standard InChI is InChI=1S/C23H15ClFN3/c24-18-2-3-21(25)20(11-18)23-19(6-8-27-23)14-1-4-22-16(9-14)10-17(13-28-22)15-5-7-26-12-15/h1-6,9-13H,7-8H2. The summed E-state index contributed by atoms with van der Waals surface area (Å²) < 4.78 is 14.4. The lowest BCUT2D eigenvalue weighted by atomic mass is 9.95. The Bertz CT molecular complexity index is 1240. The van der Waals surface area contributed by atoms with Crippen LogP contribution in [0.25, 0.3) is 22.0 Å². The van der Waals surface area contributed by atoms with E-state index < -0.39 is 0 Å². The molecule has 28 heavy (non-hydrogen) atoms. The second kappa shape index (κ2) is 6.80. The van der Waals surface area contributed by atoms with E-state index in [0.717, 1.165) is 33.2 Å². The van der Waals surface area contributed by atoms with Crippen LogP contribution in [-0.2, 0) is 0 Å². The second-order valence-corrected chi connectivity index (χ2v) is 7.15. The van der Waals surface area contributed by atoms with Gasteiger partial charge < -0.3 is 0 Å². The smallest absolute Gasteiger partial charge is 0.132 e. The van der Waals surface area contributed by atoms with E-state index >= 15 is 0 Å². The largest absolute Gasteiger partial charge is 0.288 e. The van der Waals surface area contributed by atoms with E-state index in [9.17, 15) is 4.39 Å². The summed E-state index contributed by atoms with van der Waals surface area (Å²) in [6.45, 7) is 1.24. The summed E-state index contributed by atoms with van der Waals surface area (Å²) in [7, 11) is 0. The Morgan fingerprint density at radius 2 is 1.82 bits per heavy atom. The molecule has 2 aliphatic rings. The van der Waals surface area contributed by atoms with Crippen LogP contribution >= 0.6 is 11.6 Å². The van der Waals surface area contributed by atoms with Gasteiger partial charge in [0.15, 0.2) is 0 Å². The Hall–Kier alpha value is -3.11. The van der Waals surface area contributed by atoms with Crippen LogP contribution in [0.15, 0.2) is 70.8 Å². The van der Waals surface area contributed by atoms with Crippen molar-refractivity contribution in [2.75, 3.05) is 13.1 Å². The molecule has 5 heteroatoms. The van der Waals surface area contributed by atoms with Crippen LogP contribution in [0, 0.1) is 5.82 Å². The molecule has 0 fully saturated rings. The number of halogens is 2. The van der Waals surface area contributed by atoms with Gasteiger partial charge in [0.05, 0.1) is 24.3 Å². The van der Waals surface area contributed by atoms with Gasteiger partial charge in [0, 0.05) is 39.5 Å². The number of fused-ring (bicyclic) bond motifs is 1. The maximum Gasteiger partial charge on any atom is 0.132 e.